The lowest BCUT2D eigenvalue weighted by Gasteiger charge is -2.32. The Balaban J connectivity index is 2.43. The van der Waals surface area contributed by atoms with Crippen LogP contribution in [-0.4, -0.2) is 60.8 Å². The van der Waals surface area contributed by atoms with Crippen molar-refractivity contribution in [3.8, 4) is 0 Å². The molecule has 2 N–H and O–H groups in total. The summed E-state index contributed by atoms with van der Waals surface area (Å²) in [7, 11) is 0. The molecular weight excluding hydrogens is 224 g/mol. The molecule has 0 amide bonds. The van der Waals surface area contributed by atoms with Crippen LogP contribution < -0.4 is 5.32 Å². The number of piperazine rings is 1. The number of hydrogen-bond donors (Lipinski definition) is 2. The molecule has 1 aliphatic rings. The van der Waals surface area contributed by atoms with Crippen molar-refractivity contribution in [2.45, 2.75) is 13.0 Å². The lowest BCUT2D eigenvalue weighted by molar-refractivity contribution is -0.143. The van der Waals surface area contributed by atoms with Crippen molar-refractivity contribution >= 4 is 11.9 Å². The number of esters is 1. The first-order valence-electron chi connectivity index (χ1n) is 5.66. The summed E-state index contributed by atoms with van der Waals surface area (Å²) in [4.78, 5) is 23.8. The molecule has 6 heteroatoms. The highest BCUT2D eigenvalue weighted by Crippen LogP contribution is 2.03. The van der Waals surface area contributed by atoms with Gasteiger partial charge in [-0.15, -0.1) is 0 Å². The third-order valence-corrected chi connectivity index (χ3v) is 2.52. The van der Waals surface area contributed by atoms with Crippen LogP contribution in [0, 0.1) is 0 Å². The Hall–Kier alpha value is -1.40. The normalized spacial score (nSPS) is 21.6. The molecule has 1 atom stereocenters. The molecule has 1 unspecified atom stereocenters. The summed E-state index contributed by atoms with van der Waals surface area (Å²) >= 11 is 0. The van der Waals surface area contributed by atoms with Gasteiger partial charge in [0.2, 0.25) is 0 Å². The fraction of sp³-hybridized carbons (Fsp3) is 0.636. The van der Waals surface area contributed by atoms with Crippen molar-refractivity contribution in [1.29, 1.82) is 0 Å². The number of nitrogens with one attached hydrogen (secondary N) is 1. The van der Waals surface area contributed by atoms with E-state index in [0.717, 1.165) is 6.54 Å². The van der Waals surface area contributed by atoms with Crippen molar-refractivity contribution in [2.75, 3.05) is 32.8 Å². The van der Waals surface area contributed by atoms with Gasteiger partial charge in [-0.1, -0.05) is 6.08 Å². The van der Waals surface area contributed by atoms with Gasteiger partial charge in [0.05, 0.1) is 6.61 Å². The first kappa shape index (κ1) is 13.7. The van der Waals surface area contributed by atoms with Gasteiger partial charge in [-0.05, 0) is 6.92 Å². The van der Waals surface area contributed by atoms with E-state index in [1.807, 2.05) is 4.90 Å². The predicted octanol–water partition coefficient (Wildman–Crippen LogP) is -0.536. The second kappa shape index (κ2) is 7.03. The van der Waals surface area contributed by atoms with Gasteiger partial charge in [0.15, 0.2) is 0 Å². The average Bonchev–Trinajstić information content (AvgIpc) is 2.30. The van der Waals surface area contributed by atoms with Gasteiger partial charge >= 0.3 is 11.9 Å². The molecule has 0 saturated carbocycles. The second-order valence-corrected chi connectivity index (χ2v) is 3.71. The molecule has 6 nitrogen and oxygen atoms in total. The number of hydrogen-bond acceptors (Lipinski definition) is 5. The Bertz CT molecular complexity index is 304. The van der Waals surface area contributed by atoms with Gasteiger partial charge in [-0.25, -0.2) is 4.79 Å². The molecule has 1 heterocycles. The molecule has 0 aromatic heterocycles. The van der Waals surface area contributed by atoms with E-state index >= 15 is 0 Å². The highest BCUT2D eigenvalue weighted by atomic mass is 16.5. The quantitative estimate of drug-likeness (QED) is 0.498. The van der Waals surface area contributed by atoms with E-state index in [1.165, 1.54) is 6.08 Å². The van der Waals surface area contributed by atoms with Crippen LogP contribution in [-0.2, 0) is 14.3 Å². The largest absolute Gasteiger partial charge is 0.480 e. The summed E-state index contributed by atoms with van der Waals surface area (Å²) in [5.41, 5.74) is 0. The molecule has 96 valence electrons. The van der Waals surface area contributed by atoms with E-state index in [4.69, 9.17) is 9.84 Å². The molecule has 0 aromatic rings. The van der Waals surface area contributed by atoms with Crippen LogP contribution in [0.3, 0.4) is 0 Å². The van der Waals surface area contributed by atoms with Crippen molar-refractivity contribution in [1.82, 2.24) is 10.2 Å². The van der Waals surface area contributed by atoms with Crippen LogP contribution in [0.15, 0.2) is 12.2 Å². The number of carbonyl (C=O) groups excluding carboxylic acids is 1. The van der Waals surface area contributed by atoms with Gasteiger partial charge in [0.25, 0.3) is 0 Å². The number of rotatable bonds is 5. The van der Waals surface area contributed by atoms with Gasteiger partial charge in [-0.2, -0.15) is 0 Å². The lowest BCUT2D eigenvalue weighted by Crippen LogP contribution is -2.54. The molecule has 1 aliphatic heterocycles. The molecular formula is C11H18N2O4. The summed E-state index contributed by atoms with van der Waals surface area (Å²) in [6, 6.07) is -0.532. The van der Waals surface area contributed by atoms with E-state index in [2.05, 4.69) is 5.32 Å². The highest BCUT2D eigenvalue weighted by Gasteiger charge is 2.27. The summed E-state index contributed by atoms with van der Waals surface area (Å²) in [5.74, 6) is -1.24. The smallest absolute Gasteiger partial charge is 0.330 e. The van der Waals surface area contributed by atoms with E-state index in [1.54, 1.807) is 13.0 Å². The summed E-state index contributed by atoms with van der Waals surface area (Å²) in [6.07, 6.45) is 2.98. The van der Waals surface area contributed by atoms with Crippen LogP contribution in [0.1, 0.15) is 6.92 Å². The Morgan fingerprint density at radius 2 is 2.35 bits per heavy atom. The summed E-state index contributed by atoms with van der Waals surface area (Å²) in [6.45, 7) is 4.37. The molecule has 1 fully saturated rings. The zero-order chi connectivity index (χ0) is 12.7. The zero-order valence-corrected chi connectivity index (χ0v) is 9.89. The van der Waals surface area contributed by atoms with Gasteiger partial charge in [0, 0.05) is 32.3 Å². The Kier molecular flexibility index (Phi) is 5.65. The molecule has 1 rings (SSSR count). The maximum atomic E-state index is 11.0. The van der Waals surface area contributed by atoms with E-state index in [-0.39, 0.29) is 0 Å². The van der Waals surface area contributed by atoms with Crippen LogP contribution in [0.5, 0.6) is 0 Å². The molecule has 0 spiro atoms. The number of carbonyl (C=O) groups is 2. The molecule has 0 aliphatic carbocycles. The van der Waals surface area contributed by atoms with Gasteiger partial charge in [-0.3, -0.25) is 9.69 Å². The molecule has 0 radical (unpaired) electrons. The standard InChI is InChI=1S/C11H18N2O4/c1-2-17-10(14)4-3-6-13-7-5-12-8-9(13)11(15)16/h3-4,9,12H,2,5-8H2,1H3,(H,15,16)/b4-3+. The third-order valence-electron chi connectivity index (χ3n) is 2.52. The fourth-order valence-electron chi connectivity index (χ4n) is 1.68. The Labute approximate surface area is 100 Å². The van der Waals surface area contributed by atoms with E-state index < -0.39 is 18.0 Å². The fourth-order valence-corrected chi connectivity index (χ4v) is 1.68. The lowest BCUT2D eigenvalue weighted by atomic mass is 10.2. The predicted molar refractivity (Wildman–Crippen MR) is 61.6 cm³/mol. The minimum Gasteiger partial charge on any atom is -0.480 e. The minimum atomic E-state index is -0.846. The van der Waals surface area contributed by atoms with Crippen LogP contribution in [0.25, 0.3) is 0 Å². The Morgan fingerprint density at radius 1 is 1.59 bits per heavy atom. The number of ether oxygens (including phenoxy) is 1. The molecule has 1 saturated heterocycles. The van der Waals surface area contributed by atoms with Crippen molar-refractivity contribution in [2.24, 2.45) is 0 Å². The SMILES string of the molecule is CCOC(=O)/C=C/CN1CCNCC1C(=O)O. The Morgan fingerprint density at radius 3 is 3.00 bits per heavy atom. The molecule has 0 aromatic carbocycles. The number of carboxylic acid groups (broad SMARTS) is 1. The maximum Gasteiger partial charge on any atom is 0.330 e. The minimum absolute atomic E-state index is 0.342. The van der Waals surface area contributed by atoms with E-state index in [0.29, 0.717) is 26.2 Å². The molecule has 17 heavy (non-hydrogen) atoms. The third kappa shape index (κ3) is 4.54. The zero-order valence-electron chi connectivity index (χ0n) is 9.89. The average molecular weight is 242 g/mol. The van der Waals surface area contributed by atoms with Crippen LogP contribution in [0.4, 0.5) is 0 Å². The number of carboxylic acids is 1. The summed E-state index contributed by atoms with van der Waals surface area (Å²) in [5, 5.41) is 12.0. The maximum absolute atomic E-state index is 11.0. The van der Waals surface area contributed by atoms with Crippen molar-refractivity contribution in [3.63, 3.8) is 0 Å². The number of aliphatic carboxylic acids is 1. The first-order valence-corrected chi connectivity index (χ1v) is 5.66. The topological polar surface area (TPSA) is 78.9 Å². The van der Waals surface area contributed by atoms with Crippen LogP contribution in [0.2, 0.25) is 0 Å². The van der Waals surface area contributed by atoms with Crippen LogP contribution >= 0.6 is 0 Å². The monoisotopic (exact) mass is 242 g/mol. The van der Waals surface area contributed by atoms with Crippen molar-refractivity contribution in [3.05, 3.63) is 12.2 Å². The van der Waals surface area contributed by atoms with Gasteiger partial charge < -0.3 is 15.2 Å². The van der Waals surface area contributed by atoms with E-state index in [9.17, 15) is 9.59 Å². The van der Waals surface area contributed by atoms with Gasteiger partial charge in [0.1, 0.15) is 6.04 Å². The first-order chi connectivity index (χ1) is 8.15. The molecule has 0 bridgehead atoms. The summed E-state index contributed by atoms with van der Waals surface area (Å²) < 4.78 is 4.73. The highest BCUT2D eigenvalue weighted by molar-refractivity contribution is 5.81. The second-order valence-electron chi connectivity index (χ2n) is 3.71. The number of nitrogens with zero attached hydrogens (tertiary/aromatic N) is 1. The van der Waals surface area contributed by atoms with Crippen molar-refractivity contribution < 1.29 is 19.4 Å².